The fourth-order valence-corrected chi connectivity index (χ4v) is 1.67. The van der Waals surface area contributed by atoms with Crippen LogP contribution >= 0.6 is 0 Å². The lowest BCUT2D eigenvalue weighted by Crippen LogP contribution is -2.21. The number of benzene rings is 1. The van der Waals surface area contributed by atoms with Crippen LogP contribution in [0.4, 0.5) is 0 Å². The van der Waals surface area contributed by atoms with Gasteiger partial charge < -0.3 is 25.4 Å². The number of rotatable bonds is 6. The Labute approximate surface area is 132 Å². The zero-order chi connectivity index (χ0) is 16.7. The highest BCUT2D eigenvalue weighted by molar-refractivity contribution is 5.86. The number of nitrogens with two attached hydrogens (primary N) is 2. The Balaban J connectivity index is 1.98. The topological polar surface area (TPSA) is 125 Å². The normalized spacial score (nSPS) is 10.5. The Bertz CT molecular complexity index is 733. The number of methoxy groups -OCH3 is 1. The molecular formula is C15H16N4O4. The molecule has 1 aromatic carbocycles. The highest BCUT2D eigenvalue weighted by Crippen LogP contribution is 2.16. The summed E-state index contributed by atoms with van der Waals surface area (Å²) in [6, 6.07) is 10.3. The number of nitrogens with zero attached hydrogens (tertiary/aromatic N) is 2. The summed E-state index contributed by atoms with van der Waals surface area (Å²) in [4.78, 5) is 11.3. The number of carbonyl (C=O) groups excluding carboxylic acids is 1. The fourth-order valence-electron chi connectivity index (χ4n) is 1.67. The molecular weight excluding hydrogens is 300 g/mol. The maximum absolute atomic E-state index is 11.3. The van der Waals surface area contributed by atoms with Crippen LogP contribution in [0.15, 0.2) is 51.0 Å². The number of esters is 1. The van der Waals surface area contributed by atoms with E-state index in [9.17, 15) is 4.79 Å². The van der Waals surface area contributed by atoms with Gasteiger partial charge in [0, 0.05) is 0 Å². The van der Waals surface area contributed by atoms with Crippen molar-refractivity contribution in [3.05, 3.63) is 53.5 Å². The van der Waals surface area contributed by atoms with Gasteiger partial charge in [0.05, 0.1) is 13.3 Å². The van der Waals surface area contributed by atoms with Crippen molar-refractivity contribution in [1.29, 1.82) is 0 Å². The lowest BCUT2D eigenvalue weighted by atomic mass is 10.2. The molecule has 0 aliphatic carbocycles. The first-order chi connectivity index (χ1) is 11.1. The Morgan fingerprint density at radius 3 is 2.87 bits per heavy atom. The third kappa shape index (κ3) is 4.88. The van der Waals surface area contributed by atoms with Crippen LogP contribution in [0.1, 0.15) is 21.9 Å². The van der Waals surface area contributed by atoms with Crippen LogP contribution in [-0.4, -0.2) is 25.3 Å². The minimum atomic E-state index is -0.533. The SMILES string of the molecule is COC(=O)c1ccc(COc2cccc(C=NN=C(N)N)c2)o1. The van der Waals surface area contributed by atoms with E-state index in [4.69, 9.17) is 20.6 Å². The molecule has 0 saturated heterocycles. The smallest absolute Gasteiger partial charge is 0.373 e. The Hall–Kier alpha value is -3.29. The van der Waals surface area contributed by atoms with Gasteiger partial charge in [-0.2, -0.15) is 5.10 Å². The molecule has 2 aromatic rings. The Morgan fingerprint density at radius 2 is 2.13 bits per heavy atom. The van der Waals surface area contributed by atoms with E-state index in [1.54, 1.807) is 24.3 Å². The molecule has 0 atom stereocenters. The molecule has 8 heteroatoms. The van der Waals surface area contributed by atoms with Crippen LogP contribution in [0.2, 0.25) is 0 Å². The van der Waals surface area contributed by atoms with E-state index in [0.29, 0.717) is 11.5 Å². The van der Waals surface area contributed by atoms with Gasteiger partial charge in [-0.1, -0.05) is 12.1 Å². The summed E-state index contributed by atoms with van der Waals surface area (Å²) in [5.41, 5.74) is 11.1. The molecule has 1 heterocycles. The Morgan fingerprint density at radius 1 is 1.30 bits per heavy atom. The monoisotopic (exact) mass is 316 g/mol. The maximum atomic E-state index is 11.3. The van der Waals surface area contributed by atoms with E-state index in [0.717, 1.165) is 5.56 Å². The Kier molecular flexibility index (Phi) is 5.35. The van der Waals surface area contributed by atoms with Gasteiger partial charge >= 0.3 is 5.97 Å². The van der Waals surface area contributed by atoms with Gasteiger partial charge in [-0.15, -0.1) is 5.10 Å². The predicted molar refractivity (Wildman–Crippen MR) is 84.2 cm³/mol. The van der Waals surface area contributed by atoms with Crippen LogP contribution in [0, 0.1) is 0 Å². The van der Waals surface area contributed by atoms with Crippen molar-refractivity contribution in [1.82, 2.24) is 0 Å². The molecule has 8 nitrogen and oxygen atoms in total. The van der Waals surface area contributed by atoms with Crippen molar-refractivity contribution in [3.8, 4) is 5.75 Å². The number of ether oxygens (including phenoxy) is 2. The molecule has 23 heavy (non-hydrogen) atoms. The van der Waals surface area contributed by atoms with Crippen LogP contribution in [-0.2, 0) is 11.3 Å². The summed E-state index contributed by atoms with van der Waals surface area (Å²) in [6.45, 7) is 0.172. The zero-order valence-corrected chi connectivity index (χ0v) is 12.4. The first-order valence-corrected chi connectivity index (χ1v) is 6.60. The summed E-state index contributed by atoms with van der Waals surface area (Å²) < 4.78 is 15.5. The molecule has 0 radical (unpaired) electrons. The highest BCUT2D eigenvalue weighted by atomic mass is 16.5. The molecule has 0 fully saturated rings. The second-order valence-electron chi connectivity index (χ2n) is 4.39. The van der Waals surface area contributed by atoms with Gasteiger partial charge in [-0.05, 0) is 29.8 Å². The first kappa shape index (κ1) is 16.1. The molecule has 0 spiro atoms. The predicted octanol–water partition coefficient (Wildman–Crippen LogP) is 1.25. The summed E-state index contributed by atoms with van der Waals surface area (Å²) in [7, 11) is 1.29. The van der Waals surface area contributed by atoms with E-state index in [1.807, 2.05) is 6.07 Å². The van der Waals surface area contributed by atoms with Crippen molar-refractivity contribution in [2.75, 3.05) is 7.11 Å². The zero-order valence-electron chi connectivity index (χ0n) is 12.4. The van der Waals surface area contributed by atoms with E-state index in [2.05, 4.69) is 14.9 Å². The van der Waals surface area contributed by atoms with Crippen molar-refractivity contribution < 1.29 is 18.7 Å². The maximum Gasteiger partial charge on any atom is 0.373 e. The van der Waals surface area contributed by atoms with Gasteiger partial charge in [0.15, 0.2) is 0 Å². The number of furan rings is 1. The lowest BCUT2D eigenvalue weighted by Gasteiger charge is -2.04. The average molecular weight is 316 g/mol. The molecule has 0 unspecified atom stereocenters. The minimum absolute atomic E-state index is 0.118. The van der Waals surface area contributed by atoms with Crippen molar-refractivity contribution in [2.45, 2.75) is 6.61 Å². The molecule has 4 N–H and O–H groups in total. The molecule has 0 aliphatic heterocycles. The summed E-state index contributed by atoms with van der Waals surface area (Å²) >= 11 is 0. The largest absolute Gasteiger partial charge is 0.486 e. The minimum Gasteiger partial charge on any atom is -0.486 e. The lowest BCUT2D eigenvalue weighted by molar-refractivity contribution is 0.0561. The van der Waals surface area contributed by atoms with E-state index >= 15 is 0 Å². The van der Waals surface area contributed by atoms with Crippen LogP contribution in [0.3, 0.4) is 0 Å². The second-order valence-corrected chi connectivity index (χ2v) is 4.39. The van der Waals surface area contributed by atoms with E-state index in [1.165, 1.54) is 19.4 Å². The molecule has 0 saturated carbocycles. The van der Waals surface area contributed by atoms with Gasteiger partial charge in [0.2, 0.25) is 11.7 Å². The van der Waals surface area contributed by atoms with E-state index in [-0.39, 0.29) is 18.3 Å². The van der Waals surface area contributed by atoms with Crippen molar-refractivity contribution >= 4 is 18.1 Å². The molecule has 0 aliphatic rings. The van der Waals surface area contributed by atoms with Crippen molar-refractivity contribution in [3.63, 3.8) is 0 Å². The number of hydrogen-bond acceptors (Lipinski definition) is 6. The number of guanidine groups is 1. The number of hydrogen-bond donors (Lipinski definition) is 2. The van der Waals surface area contributed by atoms with E-state index < -0.39 is 5.97 Å². The van der Waals surface area contributed by atoms with Crippen LogP contribution in [0.25, 0.3) is 0 Å². The van der Waals surface area contributed by atoms with Gasteiger partial charge in [-0.3, -0.25) is 0 Å². The van der Waals surface area contributed by atoms with Gasteiger partial charge in [0.1, 0.15) is 18.1 Å². The summed E-state index contributed by atoms with van der Waals surface area (Å²) in [5.74, 6) is 0.589. The molecule has 0 bridgehead atoms. The fraction of sp³-hybridized carbons (Fsp3) is 0.133. The number of carbonyl (C=O) groups is 1. The molecule has 2 rings (SSSR count). The van der Waals surface area contributed by atoms with Gasteiger partial charge in [-0.25, -0.2) is 4.79 Å². The van der Waals surface area contributed by atoms with Crippen LogP contribution in [0.5, 0.6) is 5.75 Å². The quantitative estimate of drug-likeness (QED) is 0.357. The van der Waals surface area contributed by atoms with Gasteiger partial charge in [0.25, 0.3) is 0 Å². The highest BCUT2D eigenvalue weighted by Gasteiger charge is 2.11. The first-order valence-electron chi connectivity index (χ1n) is 6.60. The third-order valence-corrected chi connectivity index (χ3v) is 2.67. The standard InChI is InChI=1S/C15H16N4O4/c1-21-14(20)13-6-5-12(23-13)9-22-11-4-2-3-10(7-11)8-18-19-15(16)17/h2-8H,9H2,1H3,(H4,16,17,19). The molecule has 0 amide bonds. The third-order valence-electron chi connectivity index (χ3n) is 2.67. The van der Waals surface area contributed by atoms with Crippen molar-refractivity contribution in [2.24, 2.45) is 21.7 Å². The molecule has 120 valence electrons. The summed E-state index contributed by atoms with van der Waals surface area (Å²) in [6.07, 6.45) is 1.49. The average Bonchev–Trinajstić information content (AvgIpc) is 3.01. The van der Waals surface area contributed by atoms with Crippen LogP contribution < -0.4 is 16.2 Å². The second kappa shape index (κ2) is 7.64. The summed E-state index contributed by atoms with van der Waals surface area (Å²) in [5, 5.41) is 7.23. The molecule has 1 aromatic heterocycles.